The summed E-state index contributed by atoms with van der Waals surface area (Å²) < 4.78 is 2.00. The maximum atomic E-state index is 4.78. The van der Waals surface area contributed by atoms with Gasteiger partial charge >= 0.3 is 0 Å². The molecular formula is C22H37IN6. The van der Waals surface area contributed by atoms with Gasteiger partial charge in [-0.15, -0.1) is 34.2 Å². The van der Waals surface area contributed by atoms with Crippen LogP contribution in [-0.2, 0) is 20.1 Å². The lowest BCUT2D eigenvalue weighted by molar-refractivity contribution is 0.318. The molecule has 0 amide bonds. The molecule has 0 aliphatic rings. The number of benzene rings is 1. The Hall–Kier alpha value is -1.64. The van der Waals surface area contributed by atoms with Crippen LogP contribution < -0.4 is 10.6 Å². The number of rotatable bonds is 10. The van der Waals surface area contributed by atoms with Gasteiger partial charge in [-0.25, -0.2) is 4.99 Å². The second-order valence-electron chi connectivity index (χ2n) is 8.20. The minimum Gasteiger partial charge on any atom is -0.356 e. The van der Waals surface area contributed by atoms with Crippen molar-refractivity contribution in [2.45, 2.75) is 66.5 Å². The molecular weight excluding hydrogens is 475 g/mol. The van der Waals surface area contributed by atoms with Crippen LogP contribution in [0.15, 0.2) is 35.3 Å². The van der Waals surface area contributed by atoms with Gasteiger partial charge < -0.3 is 15.2 Å². The van der Waals surface area contributed by atoms with Crippen LogP contribution >= 0.6 is 24.0 Å². The van der Waals surface area contributed by atoms with Crippen LogP contribution in [0.4, 0.5) is 0 Å². The van der Waals surface area contributed by atoms with Gasteiger partial charge in [-0.05, 0) is 24.3 Å². The number of halogens is 1. The van der Waals surface area contributed by atoms with E-state index in [0.29, 0.717) is 13.1 Å². The van der Waals surface area contributed by atoms with Crippen molar-refractivity contribution in [1.29, 1.82) is 0 Å². The Labute approximate surface area is 193 Å². The molecule has 0 atom stereocenters. The van der Waals surface area contributed by atoms with Crippen molar-refractivity contribution in [3.05, 3.63) is 47.5 Å². The quantitative estimate of drug-likeness (QED) is 0.212. The van der Waals surface area contributed by atoms with Crippen molar-refractivity contribution in [2.75, 3.05) is 6.54 Å². The zero-order valence-corrected chi connectivity index (χ0v) is 20.9. The molecule has 29 heavy (non-hydrogen) atoms. The molecule has 2 aromatic rings. The first-order chi connectivity index (χ1) is 13.4. The van der Waals surface area contributed by atoms with Gasteiger partial charge in [0.1, 0.15) is 5.82 Å². The number of unbranched alkanes of at least 4 members (excludes halogenated alkanes) is 2. The Morgan fingerprint density at radius 1 is 1.10 bits per heavy atom. The molecule has 0 aliphatic carbocycles. The molecule has 0 saturated carbocycles. The van der Waals surface area contributed by atoms with Gasteiger partial charge in [-0.2, -0.15) is 0 Å². The number of guanidine groups is 1. The summed E-state index contributed by atoms with van der Waals surface area (Å²) in [6, 6.07) is 10.3. The second kappa shape index (κ2) is 12.8. The van der Waals surface area contributed by atoms with Crippen LogP contribution in [0.2, 0.25) is 0 Å². The van der Waals surface area contributed by atoms with Crippen molar-refractivity contribution in [3.8, 4) is 0 Å². The van der Waals surface area contributed by atoms with Crippen molar-refractivity contribution in [1.82, 2.24) is 25.4 Å². The van der Waals surface area contributed by atoms with E-state index in [1.807, 2.05) is 36.7 Å². The third-order valence-corrected chi connectivity index (χ3v) is 5.05. The van der Waals surface area contributed by atoms with Crippen molar-refractivity contribution in [2.24, 2.45) is 17.5 Å². The first-order valence-corrected chi connectivity index (χ1v) is 10.3. The van der Waals surface area contributed by atoms with E-state index in [1.165, 1.54) is 31.2 Å². The second-order valence-corrected chi connectivity index (χ2v) is 8.20. The largest absolute Gasteiger partial charge is 0.356 e. The Kier molecular flexibility index (Phi) is 11.2. The van der Waals surface area contributed by atoms with E-state index in [9.17, 15) is 0 Å². The molecule has 0 spiro atoms. The predicted molar refractivity (Wildman–Crippen MR) is 132 cm³/mol. The monoisotopic (exact) mass is 512 g/mol. The highest BCUT2D eigenvalue weighted by atomic mass is 127. The molecule has 2 rings (SSSR count). The molecule has 0 bridgehead atoms. The minimum absolute atomic E-state index is 0. The number of aliphatic imine (C=N–C) groups is 1. The van der Waals surface area contributed by atoms with Crippen molar-refractivity contribution < 1.29 is 0 Å². The fraction of sp³-hybridized carbons (Fsp3) is 0.591. The Balaban J connectivity index is 0.00000420. The zero-order valence-electron chi connectivity index (χ0n) is 18.5. The third-order valence-electron chi connectivity index (χ3n) is 5.05. The summed E-state index contributed by atoms with van der Waals surface area (Å²) in [5.74, 6) is 2.62. The zero-order chi connectivity index (χ0) is 20.4. The van der Waals surface area contributed by atoms with Crippen molar-refractivity contribution in [3.63, 3.8) is 0 Å². The Bertz CT molecular complexity index is 739. The summed E-state index contributed by atoms with van der Waals surface area (Å²) in [6.45, 7) is 11.0. The molecule has 1 aromatic heterocycles. The smallest absolute Gasteiger partial charge is 0.191 e. The average molecular weight is 512 g/mol. The number of nitrogens with one attached hydrogen (secondary N) is 2. The fourth-order valence-corrected chi connectivity index (χ4v) is 2.96. The number of hydrogen-bond acceptors (Lipinski definition) is 3. The summed E-state index contributed by atoms with van der Waals surface area (Å²) in [5, 5.41) is 15.3. The molecule has 1 heterocycles. The van der Waals surface area contributed by atoms with Gasteiger partial charge in [0.25, 0.3) is 0 Å². The minimum atomic E-state index is 0. The number of hydrogen-bond donors (Lipinski definition) is 2. The molecule has 0 radical (unpaired) electrons. The Morgan fingerprint density at radius 2 is 1.83 bits per heavy atom. The number of aryl methyl sites for hydroxylation is 1. The van der Waals surface area contributed by atoms with E-state index in [2.05, 4.69) is 53.7 Å². The summed E-state index contributed by atoms with van der Waals surface area (Å²) in [6.07, 6.45) is 5.03. The van der Waals surface area contributed by atoms with E-state index in [4.69, 9.17) is 4.99 Å². The highest BCUT2D eigenvalue weighted by molar-refractivity contribution is 14.0. The fourth-order valence-electron chi connectivity index (χ4n) is 2.96. The number of nitrogens with zero attached hydrogens (tertiary/aromatic N) is 4. The Morgan fingerprint density at radius 3 is 2.45 bits per heavy atom. The normalized spacial score (nSPS) is 11.8. The van der Waals surface area contributed by atoms with E-state index in [-0.39, 0.29) is 29.4 Å². The van der Waals surface area contributed by atoms with Gasteiger partial charge in [0.15, 0.2) is 11.8 Å². The summed E-state index contributed by atoms with van der Waals surface area (Å²) in [4.78, 5) is 4.78. The maximum absolute atomic E-state index is 4.78. The molecule has 0 fully saturated rings. The molecule has 162 valence electrons. The van der Waals surface area contributed by atoms with Crippen LogP contribution in [0.25, 0.3) is 0 Å². The van der Waals surface area contributed by atoms with E-state index in [0.717, 1.165) is 24.2 Å². The maximum Gasteiger partial charge on any atom is 0.191 e. The molecule has 6 nitrogen and oxygen atoms in total. The van der Waals surface area contributed by atoms with Gasteiger partial charge in [0, 0.05) is 13.6 Å². The van der Waals surface area contributed by atoms with Gasteiger partial charge in [0.2, 0.25) is 0 Å². The van der Waals surface area contributed by atoms with E-state index >= 15 is 0 Å². The molecule has 7 heteroatoms. The van der Waals surface area contributed by atoms with Crippen LogP contribution in [0.1, 0.15) is 63.7 Å². The van der Waals surface area contributed by atoms with Gasteiger partial charge in [-0.3, -0.25) is 0 Å². The first kappa shape index (κ1) is 25.4. The molecule has 1 aromatic carbocycles. The third kappa shape index (κ3) is 9.14. The summed E-state index contributed by atoms with van der Waals surface area (Å²) in [5.41, 5.74) is 1.42. The first-order valence-electron chi connectivity index (χ1n) is 10.3. The van der Waals surface area contributed by atoms with Crippen LogP contribution in [0.5, 0.6) is 0 Å². The lowest BCUT2D eigenvalue weighted by Gasteiger charge is -2.26. The topological polar surface area (TPSA) is 67.1 Å². The summed E-state index contributed by atoms with van der Waals surface area (Å²) >= 11 is 0. The highest BCUT2D eigenvalue weighted by Crippen LogP contribution is 2.22. The lowest BCUT2D eigenvalue weighted by atomic mass is 9.87. The summed E-state index contributed by atoms with van der Waals surface area (Å²) in [7, 11) is 1.98. The van der Waals surface area contributed by atoms with Gasteiger partial charge in [-0.1, -0.05) is 70.4 Å². The van der Waals surface area contributed by atoms with Crippen molar-refractivity contribution >= 4 is 29.9 Å². The van der Waals surface area contributed by atoms with Crippen LogP contribution in [-0.4, -0.2) is 27.3 Å². The van der Waals surface area contributed by atoms with Crippen LogP contribution in [0.3, 0.4) is 0 Å². The highest BCUT2D eigenvalue weighted by Gasteiger charge is 2.18. The standard InChI is InChI=1S/C22H36N6.HI/c1-6-7-11-14-22(3,4)17-25-21(23-15-19-12-9-8-10-13-19)24-16-20-27-26-18(2)28(20)5;/h8-10,12-13H,6-7,11,14-17H2,1-5H3,(H2,23,24,25);1H. The number of aromatic nitrogens is 3. The SMILES string of the molecule is CCCCCC(C)(C)CNC(=NCc1ccccc1)NCc1nnc(C)n1C.I. The molecule has 0 aliphatic heterocycles. The predicted octanol–water partition coefficient (Wildman–Crippen LogP) is 4.58. The van der Waals surface area contributed by atoms with Crippen LogP contribution in [0, 0.1) is 12.3 Å². The average Bonchev–Trinajstić information content (AvgIpc) is 3.00. The van der Waals surface area contributed by atoms with Gasteiger partial charge in [0.05, 0.1) is 13.1 Å². The molecule has 2 N–H and O–H groups in total. The van der Waals surface area contributed by atoms with E-state index < -0.39 is 0 Å². The van der Waals surface area contributed by atoms with E-state index in [1.54, 1.807) is 0 Å². The molecule has 0 unspecified atom stereocenters. The molecule has 0 saturated heterocycles. The lowest BCUT2D eigenvalue weighted by Crippen LogP contribution is -2.42.